The highest BCUT2D eigenvalue weighted by atomic mass is 35.5. The zero-order chi connectivity index (χ0) is 11.3. The Hall–Kier alpha value is -0.620. The minimum atomic E-state index is 0.237. The fourth-order valence-electron chi connectivity index (χ4n) is 1.08. The third-order valence-electron chi connectivity index (χ3n) is 1.88. The van der Waals surface area contributed by atoms with Crippen LogP contribution < -0.4 is 0 Å². The summed E-state index contributed by atoms with van der Waals surface area (Å²) in [5.41, 5.74) is 1.00. The van der Waals surface area contributed by atoms with E-state index < -0.39 is 0 Å². The maximum Gasteiger partial charge on any atom is 0.118 e. The van der Waals surface area contributed by atoms with Crippen molar-refractivity contribution in [1.29, 1.82) is 0 Å². The van der Waals surface area contributed by atoms with Crippen molar-refractivity contribution in [3.8, 4) is 11.8 Å². The van der Waals surface area contributed by atoms with E-state index >= 15 is 0 Å². The molecule has 0 heterocycles. The lowest BCUT2D eigenvalue weighted by atomic mass is 10.2. The Kier molecular flexibility index (Phi) is 5.04. The van der Waals surface area contributed by atoms with E-state index in [1.165, 1.54) is 0 Å². The second-order valence-electron chi connectivity index (χ2n) is 3.33. The first kappa shape index (κ1) is 12.4. The normalized spacial score (nSPS) is 12.1. The van der Waals surface area contributed by atoms with Gasteiger partial charge in [0.05, 0.1) is 0 Å². The molecule has 3 heteroatoms. The molecule has 15 heavy (non-hydrogen) atoms. The fraction of sp³-hybridized carbons (Fsp3) is 0.333. The number of hydrogen-bond acceptors (Lipinski definition) is 2. The molecule has 1 rings (SSSR count). The summed E-state index contributed by atoms with van der Waals surface area (Å²) in [6.07, 6.45) is 2.06. The summed E-state index contributed by atoms with van der Waals surface area (Å²) in [6, 6.07) is 7.58. The van der Waals surface area contributed by atoms with Gasteiger partial charge in [0.15, 0.2) is 0 Å². The fourth-order valence-corrected chi connectivity index (χ4v) is 1.80. The van der Waals surface area contributed by atoms with Crippen molar-refractivity contribution >= 4 is 23.4 Å². The molecule has 0 N–H and O–H groups in total. The summed E-state index contributed by atoms with van der Waals surface area (Å²) < 4.78 is 0. The highest BCUT2D eigenvalue weighted by Crippen LogP contribution is 2.10. The van der Waals surface area contributed by atoms with Crippen LogP contribution in [0.3, 0.4) is 0 Å². The van der Waals surface area contributed by atoms with Crippen molar-refractivity contribution < 1.29 is 0 Å². The molecule has 0 amide bonds. The van der Waals surface area contributed by atoms with Crippen LogP contribution >= 0.6 is 23.4 Å². The summed E-state index contributed by atoms with van der Waals surface area (Å²) in [4.78, 5) is 2.09. The van der Waals surface area contributed by atoms with Crippen LogP contribution in [0.1, 0.15) is 5.56 Å². The molecule has 0 spiro atoms. The Morgan fingerprint density at radius 3 is 2.33 bits per heavy atom. The largest absolute Gasteiger partial charge is 0.288 e. The molecule has 1 aromatic carbocycles. The lowest BCUT2D eigenvalue weighted by Gasteiger charge is -2.15. The zero-order valence-electron chi connectivity index (χ0n) is 9.12. The van der Waals surface area contributed by atoms with Crippen molar-refractivity contribution in [2.24, 2.45) is 0 Å². The minimum Gasteiger partial charge on any atom is -0.288 e. The molecular formula is C12H14ClNS. The van der Waals surface area contributed by atoms with E-state index in [0.717, 1.165) is 10.6 Å². The van der Waals surface area contributed by atoms with Crippen molar-refractivity contribution in [1.82, 2.24) is 4.90 Å². The third kappa shape index (κ3) is 4.17. The molecule has 1 atom stereocenters. The summed E-state index contributed by atoms with van der Waals surface area (Å²) in [5, 5.41) is 0.982. The summed E-state index contributed by atoms with van der Waals surface area (Å²) in [5.74, 6) is 6.33. The predicted octanol–water partition coefficient (Wildman–Crippen LogP) is 2.94. The Morgan fingerprint density at radius 2 is 1.87 bits per heavy atom. The van der Waals surface area contributed by atoms with Crippen molar-refractivity contribution in [2.45, 2.75) is 5.37 Å². The monoisotopic (exact) mass is 239 g/mol. The molecule has 1 unspecified atom stereocenters. The minimum absolute atomic E-state index is 0.237. The van der Waals surface area contributed by atoms with Crippen LogP contribution in [0.4, 0.5) is 0 Å². The van der Waals surface area contributed by atoms with E-state index in [1.54, 1.807) is 11.8 Å². The van der Waals surface area contributed by atoms with E-state index in [4.69, 9.17) is 11.6 Å². The summed E-state index contributed by atoms with van der Waals surface area (Å²) >= 11 is 7.52. The Bertz CT molecular complexity index is 361. The first-order valence-corrected chi connectivity index (χ1v) is 6.26. The number of thioether (sulfide) groups is 1. The summed E-state index contributed by atoms with van der Waals surface area (Å²) in [6.45, 7) is 0. The van der Waals surface area contributed by atoms with Gasteiger partial charge in [-0.05, 0) is 44.6 Å². The van der Waals surface area contributed by atoms with Gasteiger partial charge in [-0.15, -0.1) is 11.8 Å². The van der Waals surface area contributed by atoms with Crippen LogP contribution in [0.2, 0.25) is 5.02 Å². The Morgan fingerprint density at radius 1 is 1.27 bits per heavy atom. The highest BCUT2D eigenvalue weighted by Gasteiger charge is 2.03. The van der Waals surface area contributed by atoms with Gasteiger partial charge in [-0.3, -0.25) is 4.90 Å². The molecule has 1 nitrogen and oxygen atoms in total. The van der Waals surface area contributed by atoms with Gasteiger partial charge in [0.2, 0.25) is 0 Å². The number of nitrogens with zero attached hydrogens (tertiary/aromatic N) is 1. The Labute approximate surface area is 101 Å². The van der Waals surface area contributed by atoms with Gasteiger partial charge in [0.1, 0.15) is 5.37 Å². The molecule has 0 bridgehead atoms. The van der Waals surface area contributed by atoms with Crippen molar-refractivity contribution in [3.05, 3.63) is 34.9 Å². The van der Waals surface area contributed by atoms with Gasteiger partial charge in [-0.25, -0.2) is 0 Å². The van der Waals surface area contributed by atoms with Gasteiger partial charge in [0, 0.05) is 10.6 Å². The lowest BCUT2D eigenvalue weighted by Crippen LogP contribution is -2.22. The first-order chi connectivity index (χ1) is 7.13. The maximum atomic E-state index is 5.79. The van der Waals surface area contributed by atoms with Gasteiger partial charge < -0.3 is 0 Å². The van der Waals surface area contributed by atoms with Crippen molar-refractivity contribution in [2.75, 3.05) is 20.4 Å². The van der Waals surface area contributed by atoms with Gasteiger partial charge in [-0.1, -0.05) is 23.4 Å². The van der Waals surface area contributed by atoms with E-state index in [-0.39, 0.29) is 5.37 Å². The average molecular weight is 240 g/mol. The van der Waals surface area contributed by atoms with Crippen LogP contribution in [-0.2, 0) is 0 Å². The van der Waals surface area contributed by atoms with Crippen LogP contribution in [-0.4, -0.2) is 30.6 Å². The molecule has 0 saturated carbocycles. The second kappa shape index (κ2) is 6.07. The topological polar surface area (TPSA) is 3.24 Å². The molecule has 80 valence electrons. The molecule has 0 aliphatic rings. The molecule has 0 aliphatic heterocycles. The van der Waals surface area contributed by atoms with E-state index in [2.05, 4.69) is 23.0 Å². The lowest BCUT2D eigenvalue weighted by molar-refractivity contribution is 0.436. The summed E-state index contributed by atoms with van der Waals surface area (Å²) in [7, 11) is 4.05. The molecular weight excluding hydrogens is 226 g/mol. The quantitative estimate of drug-likeness (QED) is 0.577. The van der Waals surface area contributed by atoms with E-state index in [0.29, 0.717) is 0 Å². The molecule has 0 fully saturated rings. The number of benzene rings is 1. The standard InChI is InChI=1S/C12H14ClNS/c1-14(2)12(15-3)9-6-10-4-7-11(13)8-5-10/h4-5,7-8,12H,1-3H3. The number of halogens is 1. The van der Waals surface area contributed by atoms with Gasteiger partial charge in [0.25, 0.3) is 0 Å². The maximum absolute atomic E-state index is 5.79. The SMILES string of the molecule is CSC(C#Cc1ccc(Cl)cc1)N(C)C. The number of rotatable bonds is 2. The van der Waals surface area contributed by atoms with Crippen molar-refractivity contribution in [3.63, 3.8) is 0 Å². The molecule has 0 saturated heterocycles. The second-order valence-corrected chi connectivity index (χ2v) is 4.68. The van der Waals surface area contributed by atoms with Gasteiger partial charge >= 0.3 is 0 Å². The smallest absolute Gasteiger partial charge is 0.118 e. The zero-order valence-corrected chi connectivity index (χ0v) is 10.7. The molecule has 0 aliphatic carbocycles. The van der Waals surface area contributed by atoms with E-state index in [1.807, 2.05) is 38.4 Å². The Balaban J connectivity index is 2.76. The first-order valence-electron chi connectivity index (χ1n) is 4.60. The van der Waals surface area contributed by atoms with Crippen LogP contribution in [0.15, 0.2) is 24.3 Å². The van der Waals surface area contributed by atoms with Crippen LogP contribution in [0, 0.1) is 11.8 Å². The van der Waals surface area contributed by atoms with Crippen LogP contribution in [0.5, 0.6) is 0 Å². The predicted molar refractivity (Wildman–Crippen MR) is 69.3 cm³/mol. The van der Waals surface area contributed by atoms with E-state index in [9.17, 15) is 0 Å². The molecule has 0 radical (unpaired) electrons. The number of hydrogen-bond donors (Lipinski definition) is 0. The molecule has 0 aromatic heterocycles. The molecule has 1 aromatic rings. The van der Waals surface area contributed by atoms with Crippen LogP contribution in [0.25, 0.3) is 0 Å². The third-order valence-corrected chi connectivity index (χ3v) is 3.11. The van der Waals surface area contributed by atoms with Gasteiger partial charge in [-0.2, -0.15) is 0 Å². The average Bonchev–Trinajstić information content (AvgIpc) is 2.21. The highest BCUT2D eigenvalue weighted by molar-refractivity contribution is 7.99.